The number of morpholine rings is 1. The summed E-state index contributed by atoms with van der Waals surface area (Å²) in [6.07, 6.45) is 5.08. The highest BCUT2D eigenvalue weighted by molar-refractivity contribution is 7.17. The number of nitrogens with one attached hydrogen (secondary N) is 2. The molecule has 0 radical (unpaired) electrons. The molecule has 0 unspecified atom stereocenters. The number of hydrogen-bond donors (Lipinski definition) is 2. The largest absolute Gasteiger partial charge is 0.379 e. The molecule has 0 aromatic carbocycles. The fourth-order valence-corrected chi connectivity index (χ4v) is 4.33. The lowest BCUT2D eigenvalue weighted by Crippen LogP contribution is -2.41. The number of aromatic amines is 1. The van der Waals surface area contributed by atoms with Gasteiger partial charge in [-0.1, -0.05) is 13.0 Å². The molecular weight excluding hydrogens is 334 g/mol. The Labute approximate surface area is 151 Å². The first-order chi connectivity index (χ1) is 12.2. The Morgan fingerprint density at radius 3 is 2.92 bits per heavy atom. The Hall–Kier alpha value is -1.96. The van der Waals surface area contributed by atoms with Crippen LogP contribution < -0.4 is 5.32 Å². The summed E-state index contributed by atoms with van der Waals surface area (Å²) in [7, 11) is 0. The number of H-pyrrole nitrogens is 1. The monoisotopic (exact) mass is 357 g/mol. The number of amidine groups is 1. The maximum absolute atomic E-state index is 5.44. The van der Waals surface area contributed by atoms with Gasteiger partial charge in [0.2, 0.25) is 0 Å². The van der Waals surface area contributed by atoms with E-state index in [9.17, 15) is 0 Å². The number of aryl methyl sites for hydroxylation is 1. The van der Waals surface area contributed by atoms with Gasteiger partial charge in [-0.05, 0) is 19.4 Å². The van der Waals surface area contributed by atoms with Crippen LogP contribution in [0.15, 0.2) is 23.3 Å². The zero-order valence-corrected chi connectivity index (χ0v) is 15.4. The predicted molar refractivity (Wildman–Crippen MR) is 103 cm³/mol. The molecule has 2 aliphatic heterocycles. The van der Waals surface area contributed by atoms with E-state index in [0.717, 1.165) is 67.7 Å². The van der Waals surface area contributed by atoms with Crippen LogP contribution in [0.4, 0.5) is 5.69 Å². The maximum atomic E-state index is 5.44. The molecule has 1 saturated heterocycles. The molecule has 2 aromatic rings. The van der Waals surface area contributed by atoms with Crippen LogP contribution in [0.3, 0.4) is 0 Å². The molecule has 4 heterocycles. The lowest BCUT2D eigenvalue weighted by atomic mass is 10.2. The number of ether oxygens (including phenoxy) is 1. The number of hydrogen-bond acceptors (Lipinski definition) is 6. The van der Waals surface area contributed by atoms with Crippen molar-refractivity contribution >= 4 is 28.6 Å². The lowest BCUT2D eigenvalue weighted by Gasteiger charge is -2.28. The normalized spacial score (nSPS) is 19.6. The molecule has 6 nitrogen and oxygen atoms in total. The van der Waals surface area contributed by atoms with E-state index in [1.807, 2.05) is 6.20 Å². The fourth-order valence-electron chi connectivity index (χ4n) is 3.16. The van der Waals surface area contributed by atoms with Crippen molar-refractivity contribution in [1.82, 2.24) is 15.1 Å². The topological polar surface area (TPSA) is 65.5 Å². The first-order valence-corrected chi connectivity index (χ1v) is 9.55. The number of thiophene rings is 1. The quantitative estimate of drug-likeness (QED) is 0.881. The van der Waals surface area contributed by atoms with Gasteiger partial charge < -0.3 is 10.1 Å². The summed E-state index contributed by atoms with van der Waals surface area (Å²) in [5, 5.41) is 10.7. The number of aromatic nitrogens is 2. The molecule has 0 aliphatic carbocycles. The zero-order chi connectivity index (χ0) is 17.2. The number of aliphatic imine (C=N–C) groups is 1. The molecule has 1 fully saturated rings. The molecule has 0 amide bonds. The van der Waals surface area contributed by atoms with Crippen LogP contribution in [0, 0.1) is 6.92 Å². The smallest absolute Gasteiger partial charge is 0.121 e. The average molecular weight is 357 g/mol. The SMILES string of the molecule is CC/C=C1/N=C(CN2CCOCC2)Nc2cc(-c3cn[nH]c3C)sc21. The molecule has 4 rings (SSSR count). The van der Waals surface area contributed by atoms with Crippen molar-refractivity contribution in [2.24, 2.45) is 4.99 Å². The number of rotatable bonds is 4. The van der Waals surface area contributed by atoms with Gasteiger partial charge in [0.15, 0.2) is 0 Å². The molecule has 2 N–H and O–H groups in total. The van der Waals surface area contributed by atoms with Crippen molar-refractivity contribution < 1.29 is 4.74 Å². The summed E-state index contributed by atoms with van der Waals surface area (Å²) in [6.45, 7) is 8.57. The van der Waals surface area contributed by atoms with E-state index in [4.69, 9.17) is 9.73 Å². The lowest BCUT2D eigenvalue weighted by molar-refractivity contribution is 0.0453. The van der Waals surface area contributed by atoms with Crippen molar-refractivity contribution in [3.8, 4) is 10.4 Å². The van der Waals surface area contributed by atoms with Crippen molar-refractivity contribution in [1.29, 1.82) is 0 Å². The van der Waals surface area contributed by atoms with Crippen LogP contribution in [-0.2, 0) is 4.74 Å². The standard InChI is InChI=1S/C18H23N5OS/c1-3-4-14-18-15(9-16(25-18)13-10-19-22-12(13)2)21-17(20-14)11-23-5-7-24-8-6-23/h4,9-10H,3,5-8,11H2,1-2H3,(H,19,22)(H,20,21)/b14-4+. The molecule has 2 aromatic heterocycles. The van der Waals surface area contributed by atoms with E-state index < -0.39 is 0 Å². The molecule has 132 valence electrons. The molecule has 0 bridgehead atoms. The Kier molecular flexibility index (Phi) is 4.70. The molecule has 7 heteroatoms. The third-order valence-corrected chi connectivity index (χ3v) is 5.66. The second-order valence-corrected chi connectivity index (χ2v) is 7.38. The Bertz CT molecular complexity index is 813. The van der Waals surface area contributed by atoms with Crippen molar-refractivity contribution in [2.75, 3.05) is 38.2 Å². The summed E-state index contributed by atoms with van der Waals surface area (Å²) in [5.41, 5.74) is 4.48. The number of nitrogens with zero attached hydrogens (tertiary/aromatic N) is 3. The van der Waals surface area contributed by atoms with Crippen LogP contribution in [0.1, 0.15) is 23.9 Å². The molecule has 0 atom stereocenters. The number of allylic oxidation sites excluding steroid dienone is 1. The molecule has 25 heavy (non-hydrogen) atoms. The molecule has 0 spiro atoms. The minimum atomic E-state index is 0.804. The highest BCUT2D eigenvalue weighted by Crippen LogP contribution is 2.42. The highest BCUT2D eigenvalue weighted by Gasteiger charge is 2.23. The summed E-state index contributed by atoms with van der Waals surface area (Å²) >= 11 is 1.77. The third kappa shape index (κ3) is 3.40. The maximum Gasteiger partial charge on any atom is 0.121 e. The first-order valence-electron chi connectivity index (χ1n) is 8.74. The zero-order valence-electron chi connectivity index (χ0n) is 14.6. The predicted octanol–water partition coefficient (Wildman–Crippen LogP) is 3.35. The summed E-state index contributed by atoms with van der Waals surface area (Å²) in [6, 6.07) is 2.22. The van der Waals surface area contributed by atoms with Gasteiger partial charge in [0.1, 0.15) is 5.84 Å². The highest BCUT2D eigenvalue weighted by atomic mass is 32.1. The van der Waals surface area contributed by atoms with Gasteiger partial charge in [0, 0.05) is 29.2 Å². The van der Waals surface area contributed by atoms with Gasteiger partial charge in [-0.15, -0.1) is 11.3 Å². The average Bonchev–Trinajstić information content (AvgIpc) is 3.22. The second-order valence-electron chi connectivity index (χ2n) is 6.33. The van der Waals surface area contributed by atoms with Gasteiger partial charge in [-0.2, -0.15) is 5.10 Å². The Balaban J connectivity index is 1.62. The van der Waals surface area contributed by atoms with Crippen LogP contribution in [0.2, 0.25) is 0 Å². The molecule has 2 aliphatic rings. The molecular formula is C18H23N5OS. The van der Waals surface area contributed by atoms with Gasteiger partial charge in [0.25, 0.3) is 0 Å². The van der Waals surface area contributed by atoms with E-state index in [1.54, 1.807) is 11.3 Å². The second kappa shape index (κ2) is 7.11. The van der Waals surface area contributed by atoms with Crippen molar-refractivity contribution in [3.63, 3.8) is 0 Å². The number of fused-ring (bicyclic) bond motifs is 1. The van der Waals surface area contributed by atoms with Crippen LogP contribution in [0.25, 0.3) is 16.1 Å². The Morgan fingerprint density at radius 2 is 2.20 bits per heavy atom. The van der Waals surface area contributed by atoms with Crippen LogP contribution in [-0.4, -0.2) is 53.8 Å². The van der Waals surface area contributed by atoms with E-state index in [0.29, 0.717) is 0 Å². The van der Waals surface area contributed by atoms with Crippen LogP contribution >= 0.6 is 11.3 Å². The summed E-state index contributed by atoms with van der Waals surface area (Å²) in [4.78, 5) is 9.71. The minimum absolute atomic E-state index is 0.804. The molecule has 0 saturated carbocycles. The van der Waals surface area contributed by atoms with Gasteiger partial charge in [-0.25, -0.2) is 4.99 Å². The third-order valence-electron chi connectivity index (χ3n) is 4.47. The van der Waals surface area contributed by atoms with E-state index in [2.05, 4.69) is 46.4 Å². The fraction of sp³-hybridized carbons (Fsp3) is 0.444. The van der Waals surface area contributed by atoms with Crippen molar-refractivity contribution in [2.45, 2.75) is 20.3 Å². The van der Waals surface area contributed by atoms with Crippen LogP contribution in [0.5, 0.6) is 0 Å². The first kappa shape index (κ1) is 16.5. The van der Waals surface area contributed by atoms with E-state index in [-0.39, 0.29) is 0 Å². The van der Waals surface area contributed by atoms with E-state index >= 15 is 0 Å². The number of anilines is 1. The Morgan fingerprint density at radius 1 is 1.36 bits per heavy atom. The van der Waals surface area contributed by atoms with Gasteiger partial charge >= 0.3 is 0 Å². The van der Waals surface area contributed by atoms with Crippen molar-refractivity contribution in [3.05, 3.63) is 28.9 Å². The minimum Gasteiger partial charge on any atom is -0.379 e. The van der Waals surface area contributed by atoms with Gasteiger partial charge in [-0.3, -0.25) is 10.00 Å². The van der Waals surface area contributed by atoms with E-state index in [1.165, 1.54) is 9.75 Å². The summed E-state index contributed by atoms with van der Waals surface area (Å²) in [5.74, 6) is 1.02. The summed E-state index contributed by atoms with van der Waals surface area (Å²) < 4.78 is 5.44. The van der Waals surface area contributed by atoms with Gasteiger partial charge in [0.05, 0.1) is 42.2 Å².